The molecule has 0 spiro atoms. The first-order valence-corrected chi connectivity index (χ1v) is 26.3. The van der Waals surface area contributed by atoms with Crippen LogP contribution in [0.3, 0.4) is 0 Å². The molecule has 0 N–H and O–H groups in total. The Morgan fingerprint density at radius 3 is 0.940 bits per heavy atom. The predicted molar refractivity (Wildman–Crippen MR) is 288 cm³/mol. The SMILES string of the molecule is CC/C=C\C/C=C\C/C=C\C/C=C\C/C=C\C/C=C\CCCCC(=O)OCC(COC(=O)CCCCCCC/C=C\C/C=C\CCC)OC(=O)CCCC/C=C\C/C=C\C/C=C\C/C=C\CC. The predicted octanol–water partition coefficient (Wildman–Crippen LogP) is 17.6. The Morgan fingerprint density at radius 1 is 0.313 bits per heavy atom. The van der Waals surface area contributed by atoms with Crippen LogP contribution in [0.25, 0.3) is 0 Å². The van der Waals surface area contributed by atoms with Crippen molar-refractivity contribution in [1.29, 1.82) is 0 Å². The second kappa shape index (κ2) is 53.9. The molecule has 67 heavy (non-hydrogen) atoms. The summed E-state index contributed by atoms with van der Waals surface area (Å²) < 4.78 is 16.7. The number of esters is 3. The molecule has 0 aromatic rings. The Hall–Kier alpha value is -4.71. The van der Waals surface area contributed by atoms with Gasteiger partial charge in [-0.1, -0.05) is 192 Å². The molecule has 0 radical (unpaired) electrons. The largest absolute Gasteiger partial charge is 0.462 e. The van der Waals surface area contributed by atoms with Gasteiger partial charge in [0.2, 0.25) is 0 Å². The highest BCUT2D eigenvalue weighted by Gasteiger charge is 2.19. The average Bonchev–Trinajstić information content (AvgIpc) is 3.33. The van der Waals surface area contributed by atoms with E-state index in [1.54, 1.807) is 0 Å². The number of allylic oxidation sites excluding steroid dienone is 24. The highest BCUT2D eigenvalue weighted by atomic mass is 16.6. The summed E-state index contributed by atoms with van der Waals surface area (Å²) >= 11 is 0. The summed E-state index contributed by atoms with van der Waals surface area (Å²) in [5.74, 6) is -1.03. The molecule has 0 aliphatic heterocycles. The van der Waals surface area contributed by atoms with Gasteiger partial charge >= 0.3 is 17.9 Å². The van der Waals surface area contributed by atoms with Crippen LogP contribution in [0.4, 0.5) is 0 Å². The quantitative estimate of drug-likeness (QED) is 0.0262. The number of carbonyl (C=O) groups is 3. The van der Waals surface area contributed by atoms with Crippen molar-refractivity contribution >= 4 is 17.9 Å². The standard InChI is InChI=1S/C61H94O6/c1-4-7-10-13-16-19-22-25-27-28-29-30-31-32-34-36-39-42-45-48-51-54-60(63)66-57-58(56-65-59(62)53-50-47-44-41-38-35-24-21-18-15-12-9-6-3)67-61(64)55-52-49-46-43-40-37-33-26-23-20-17-14-11-8-5-2/h7-8,10-12,15-17,19-21,24-27,29-30,32-34,39-40,42-43,58H,4-6,9,13-14,18,22-23,28,31,35-38,41,44-57H2,1-3H3/b10-7-,11-8-,15-12-,19-16-,20-17-,24-21-,27-25-,30-29-,33-26-,34-32-,42-39-,43-40-. The number of hydrogen-bond donors (Lipinski definition) is 0. The van der Waals surface area contributed by atoms with Crippen molar-refractivity contribution in [1.82, 2.24) is 0 Å². The fourth-order valence-corrected chi connectivity index (χ4v) is 6.41. The van der Waals surface area contributed by atoms with Gasteiger partial charge in [-0.2, -0.15) is 0 Å². The van der Waals surface area contributed by atoms with Crippen molar-refractivity contribution in [2.24, 2.45) is 0 Å². The zero-order chi connectivity index (χ0) is 48.6. The maximum absolute atomic E-state index is 12.8. The first-order chi connectivity index (χ1) is 33.0. The Morgan fingerprint density at radius 2 is 0.582 bits per heavy atom. The lowest BCUT2D eigenvalue weighted by molar-refractivity contribution is -0.167. The molecule has 0 aliphatic carbocycles. The summed E-state index contributed by atoms with van der Waals surface area (Å²) in [5.41, 5.74) is 0. The van der Waals surface area contributed by atoms with E-state index in [4.69, 9.17) is 14.2 Å². The lowest BCUT2D eigenvalue weighted by Gasteiger charge is -2.18. The van der Waals surface area contributed by atoms with Gasteiger partial charge in [-0.05, 0) is 135 Å². The van der Waals surface area contributed by atoms with Gasteiger partial charge < -0.3 is 14.2 Å². The minimum absolute atomic E-state index is 0.123. The number of ether oxygens (including phenoxy) is 3. The molecule has 0 aliphatic rings. The summed E-state index contributed by atoms with van der Waals surface area (Å²) in [6.07, 6.45) is 76.9. The summed E-state index contributed by atoms with van der Waals surface area (Å²) in [4.78, 5) is 38.0. The Kier molecular flexibility index (Phi) is 50.1. The molecule has 0 amide bonds. The van der Waals surface area contributed by atoms with Crippen LogP contribution in [0, 0.1) is 0 Å². The maximum Gasteiger partial charge on any atom is 0.306 e. The summed E-state index contributed by atoms with van der Waals surface area (Å²) in [6.45, 7) is 6.23. The smallest absolute Gasteiger partial charge is 0.306 e. The van der Waals surface area contributed by atoms with Gasteiger partial charge in [0.15, 0.2) is 6.10 Å². The van der Waals surface area contributed by atoms with Crippen molar-refractivity contribution in [3.8, 4) is 0 Å². The van der Waals surface area contributed by atoms with Gasteiger partial charge in [-0.25, -0.2) is 0 Å². The Labute approximate surface area is 410 Å². The molecule has 0 bridgehead atoms. The van der Waals surface area contributed by atoms with E-state index in [2.05, 4.69) is 167 Å². The van der Waals surface area contributed by atoms with Gasteiger partial charge in [0.05, 0.1) is 0 Å². The number of rotatable bonds is 45. The zero-order valence-corrected chi connectivity index (χ0v) is 42.6. The van der Waals surface area contributed by atoms with Crippen LogP contribution in [-0.4, -0.2) is 37.2 Å². The topological polar surface area (TPSA) is 78.9 Å². The Bertz CT molecular complexity index is 1530. The molecular formula is C61H94O6. The van der Waals surface area contributed by atoms with E-state index in [-0.39, 0.29) is 44.0 Å². The lowest BCUT2D eigenvalue weighted by atomic mass is 10.1. The minimum Gasteiger partial charge on any atom is -0.462 e. The van der Waals surface area contributed by atoms with E-state index in [1.165, 1.54) is 6.42 Å². The third-order valence-electron chi connectivity index (χ3n) is 10.3. The highest BCUT2D eigenvalue weighted by Crippen LogP contribution is 2.11. The molecule has 0 saturated carbocycles. The van der Waals surface area contributed by atoms with Gasteiger partial charge in [0, 0.05) is 19.3 Å². The van der Waals surface area contributed by atoms with E-state index < -0.39 is 6.10 Å². The normalized spacial score (nSPS) is 13.3. The van der Waals surface area contributed by atoms with Crippen molar-refractivity contribution < 1.29 is 28.6 Å². The van der Waals surface area contributed by atoms with Crippen molar-refractivity contribution in [3.05, 3.63) is 146 Å². The van der Waals surface area contributed by atoms with Crippen LogP contribution < -0.4 is 0 Å². The fraction of sp³-hybridized carbons (Fsp3) is 0.557. The van der Waals surface area contributed by atoms with Crippen LogP contribution in [0.2, 0.25) is 0 Å². The molecule has 6 nitrogen and oxygen atoms in total. The van der Waals surface area contributed by atoms with E-state index in [9.17, 15) is 14.4 Å². The van der Waals surface area contributed by atoms with Crippen molar-refractivity contribution in [2.75, 3.05) is 13.2 Å². The van der Waals surface area contributed by atoms with E-state index in [0.717, 1.165) is 141 Å². The van der Waals surface area contributed by atoms with E-state index in [1.807, 2.05) is 0 Å². The fourth-order valence-electron chi connectivity index (χ4n) is 6.41. The summed E-state index contributed by atoms with van der Waals surface area (Å²) in [5, 5.41) is 0. The maximum atomic E-state index is 12.8. The molecule has 1 atom stereocenters. The first-order valence-electron chi connectivity index (χ1n) is 26.3. The van der Waals surface area contributed by atoms with Crippen LogP contribution in [0.1, 0.15) is 201 Å². The van der Waals surface area contributed by atoms with Gasteiger partial charge in [0.25, 0.3) is 0 Å². The monoisotopic (exact) mass is 923 g/mol. The number of carbonyl (C=O) groups excluding carboxylic acids is 3. The molecule has 1 unspecified atom stereocenters. The Balaban J connectivity index is 4.56. The molecule has 0 rings (SSSR count). The molecule has 0 heterocycles. The summed E-state index contributed by atoms with van der Waals surface area (Å²) in [7, 11) is 0. The van der Waals surface area contributed by atoms with E-state index >= 15 is 0 Å². The second-order valence-corrected chi connectivity index (χ2v) is 16.7. The third kappa shape index (κ3) is 52.1. The summed E-state index contributed by atoms with van der Waals surface area (Å²) in [6, 6.07) is 0. The van der Waals surface area contributed by atoms with E-state index in [0.29, 0.717) is 19.3 Å². The second-order valence-electron chi connectivity index (χ2n) is 16.7. The van der Waals surface area contributed by atoms with Gasteiger partial charge in [0.1, 0.15) is 13.2 Å². The van der Waals surface area contributed by atoms with Gasteiger partial charge in [-0.3, -0.25) is 14.4 Å². The van der Waals surface area contributed by atoms with Crippen molar-refractivity contribution in [3.63, 3.8) is 0 Å². The molecule has 0 aromatic heterocycles. The lowest BCUT2D eigenvalue weighted by Crippen LogP contribution is -2.30. The molecule has 0 aromatic carbocycles. The van der Waals surface area contributed by atoms with Crippen LogP contribution in [-0.2, 0) is 28.6 Å². The molecule has 0 fully saturated rings. The molecule has 6 heteroatoms. The number of unbranched alkanes of at least 4 members (excludes halogenated alkanes) is 10. The highest BCUT2D eigenvalue weighted by molar-refractivity contribution is 5.71. The minimum atomic E-state index is -0.830. The van der Waals surface area contributed by atoms with Gasteiger partial charge in [-0.15, -0.1) is 0 Å². The van der Waals surface area contributed by atoms with Crippen LogP contribution >= 0.6 is 0 Å². The molecule has 374 valence electrons. The average molecular weight is 923 g/mol. The van der Waals surface area contributed by atoms with Crippen LogP contribution in [0.5, 0.6) is 0 Å². The first kappa shape index (κ1) is 62.3. The molecule has 0 saturated heterocycles. The molecular weight excluding hydrogens is 829 g/mol. The van der Waals surface area contributed by atoms with Crippen LogP contribution in [0.15, 0.2) is 146 Å². The third-order valence-corrected chi connectivity index (χ3v) is 10.3. The van der Waals surface area contributed by atoms with Crippen molar-refractivity contribution in [2.45, 2.75) is 207 Å². The number of hydrogen-bond acceptors (Lipinski definition) is 6. The zero-order valence-electron chi connectivity index (χ0n) is 42.6.